The Balaban J connectivity index is 1.27. The molecular formula is C43H42N4O6. The van der Waals surface area contributed by atoms with E-state index in [0.717, 1.165) is 11.1 Å². The van der Waals surface area contributed by atoms with Gasteiger partial charge in [0.1, 0.15) is 23.1 Å². The number of hydrogen-bond acceptors (Lipinski definition) is 6. The second kappa shape index (κ2) is 15.9. The molecule has 6 rings (SSSR count). The summed E-state index contributed by atoms with van der Waals surface area (Å²) < 4.78 is 10.5. The van der Waals surface area contributed by atoms with Gasteiger partial charge in [-0.25, -0.2) is 0 Å². The number of amides is 4. The number of carbonyl (C=O) groups is 4. The molecule has 1 fully saturated rings. The maximum absolute atomic E-state index is 14.3. The molecule has 10 heteroatoms. The Hall–Kier alpha value is -6.42. The Morgan fingerprint density at radius 2 is 1.15 bits per heavy atom. The first-order valence-electron chi connectivity index (χ1n) is 17.3. The number of anilines is 2. The second-order valence-corrected chi connectivity index (χ2v) is 13.0. The van der Waals surface area contributed by atoms with Gasteiger partial charge in [-0.2, -0.15) is 0 Å². The van der Waals surface area contributed by atoms with Gasteiger partial charge in [-0.05, 0) is 78.2 Å². The maximum atomic E-state index is 14.3. The number of ether oxygens (including phenoxy) is 2. The third kappa shape index (κ3) is 7.92. The van der Waals surface area contributed by atoms with Crippen LogP contribution in [0.3, 0.4) is 0 Å². The van der Waals surface area contributed by atoms with Gasteiger partial charge in [0, 0.05) is 37.8 Å². The molecule has 5 aromatic carbocycles. The van der Waals surface area contributed by atoms with Crippen molar-refractivity contribution in [2.24, 2.45) is 0 Å². The minimum absolute atomic E-state index is 0.0750. The molecule has 0 spiro atoms. The highest BCUT2D eigenvalue weighted by Crippen LogP contribution is 2.53. The Labute approximate surface area is 309 Å². The molecule has 1 aliphatic rings. The van der Waals surface area contributed by atoms with Crippen LogP contribution in [0.1, 0.15) is 44.2 Å². The monoisotopic (exact) mass is 710 g/mol. The topological polar surface area (TPSA) is 117 Å². The molecule has 0 aromatic heterocycles. The first kappa shape index (κ1) is 36.4. The maximum Gasteiger partial charge on any atom is 0.253 e. The highest BCUT2D eigenvalue weighted by Gasteiger charge is 2.62. The zero-order valence-corrected chi connectivity index (χ0v) is 30.1. The molecule has 0 heterocycles. The van der Waals surface area contributed by atoms with Crippen LogP contribution < -0.4 is 29.9 Å². The van der Waals surface area contributed by atoms with Crippen LogP contribution in [-0.4, -0.2) is 63.5 Å². The molecule has 2 unspecified atom stereocenters. The van der Waals surface area contributed by atoms with Gasteiger partial charge in [0.25, 0.3) is 17.7 Å². The number of hydrogen-bond donors (Lipinski definition) is 2. The minimum atomic E-state index is -1.26. The molecule has 0 aliphatic heterocycles. The lowest BCUT2D eigenvalue weighted by atomic mass is 10.0. The summed E-state index contributed by atoms with van der Waals surface area (Å²) in [5.41, 5.74) is 1.92. The lowest BCUT2D eigenvalue weighted by Gasteiger charge is -2.27. The van der Waals surface area contributed by atoms with Crippen molar-refractivity contribution in [1.82, 2.24) is 10.6 Å². The molecular weight excluding hydrogens is 668 g/mol. The molecule has 0 radical (unpaired) electrons. The Bertz CT molecular complexity index is 2070. The van der Waals surface area contributed by atoms with Crippen molar-refractivity contribution in [3.8, 4) is 11.5 Å². The Morgan fingerprint density at radius 1 is 0.660 bits per heavy atom. The van der Waals surface area contributed by atoms with E-state index in [-0.39, 0.29) is 35.3 Å². The highest BCUT2D eigenvalue weighted by atomic mass is 16.5. The van der Waals surface area contributed by atoms with Crippen LogP contribution in [0.25, 0.3) is 0 Å². The summed E-state index contributed by atoms with van der Waals surface area (Å²) in [6, 6.07) is 38.6. The third-order valence-electron chi connectivity index (χ3n) is 9.74. The van der Waals surface area contributed by atoms with Gasteiger partial charge >= 0.3 is 0 Å². The zero-order chi connectivity index (χ0) is 37.5. The summed E-state index contributed by atoms with van der Waals surface area (Å²) in [6.07, 6.45) is 0.593. The van der Waals surface area contributed by atoms with E-state index in [1.165, 1.54) is 9.80 Å². The lowest BCUT2D eigenvalue weighted by molar-refractivity contribution is -0.121. The molecule has 53 heavy (non-hydrogen) atoms. The number of likely N-dealkylation sites (N-methyl/N-ethyl adjacent to an activating group) is 2. The fourth-order valence-electron chi connectivity index (χ4n) is 6.60. The van der Waals surface area contributed by atoms with Gasteiger partial charge in [-0.3, -0.25) is 19.2 Å². The van der Waals surface area contributed by atoms with E-state index >= 15 is 0 Å². The summed E-state index contributed by atoms with van der Waals surface area (Å²) in [6.45, 7) is 0. The van der Waals surface area contributed by atoms with E-state index < -0.39 is 23.4 Å². The molecule has 1 aliphatic carbocycles. The molecule has 3 atom stereocenters. The van der Waals surface area contributed by atoms with Crippen LogP contribution in [0.2, 0.25) is 0 Å². The van der Waals surface area contributed by atoms with Gasteiger partial charge in [-0.15, -0.1) is 0 Å². The van der Waals surface area contributed by atoms with Gasteiger partial charge in [-0.1, -0.05) is 72.8 Å². The molecule has 4 amide bonds. The van der Waals surface area contributed by atoms with Crippen molar-refractivity contribution < 1.29 is 28.7 Å². The van der Waals surface area contributed by atoms with E-state index in [1.54, 1.807) is 101 Å². The molecule has 1 saturated carbocycles. The summed E-state index contributed by atoms with van der Waals surface area (Å²) in [7, 11) is 6.46. The average Bonchev–Trinajstić information content (AvgIpc) is 3.94. The number of rotatable bonds is 13. The average molecular weight is 711 g/mol. The first-order chi connectivity index (χ1) is 25.6. The molecule has 270 valence electrons. The van der Waals surface area contributed by atoms with Gasteiger partial charge in [0.05, 0.1) is 25.3 Å². The third-order valence-corrected chi connectivity index (χ3v) is 9.74. The fraction of sp³-hybridized carbons (Fsp3) is 0.209. The van der Waals surface area contributed by atoms with Crippen molar-refractivity contribution in [2.45, 2.75) is 30.3 Å². The van der Waals surface area contributed by atoms with Crippen LogP contribution in [-0.2, 0) is 16.0 Å². The number of carbonyl (C=O) groups excluding carboxylic acids is 4. The van der Waals surface area contributed by atoms with E-state index in [9.17, 15) is 19.2 Å². The van der Waals surface area contributed by atoms with Crippen LogP contribution in [0, 0.1) is 0 Å². The normalized spacial score (nSPS) is 16.4. The van der Waals surface area contributed by atoms with Crippen molar-refractivity contribution in [3.63, 3.8) is 0 Å². The van der Waals surface area contributed by atoms with E-state index in [1.807, 2.05) is 60.7 Å². The SMILES string of the molecule is COc1ccc(N(C)C(=O)[C@H](Cc2ccccc2)NC(=O)c2ccccc2C(=O)NC2(C(=O)N(C)c3ccc(OC)cc3)CC2c2ccccc2)cc1. The number of methoxy groups -OCH3 is 2. The summed E-state index contributed by atoms with van der Waals surface area (Å²) in [5, 5.41) is 5.96. The number of nitrogens with one attached hydrogen (secondary N) is 2. The smallest absolute Gasteiger partial charge is 0.253 e. The summed E-state index contributed by atoms with van der Waals surface area (Å²) in [4.78, 5) is 59.7. The lowest BCUT2D eigenvalue weighted by Crippen LogP contribution is -2.51. The van der Waals surface area contributed by atoms with Crippen LogP contribution in [0.15, 0.2) is 133 Å². The van der Waals surface area contributed by atoms with Crippen molar-refractivity contribution in [3.05, 3.63) is 156 Å². The number of nitrogens with zero attached hydrogens (tertiary/aromatic N) is 2. The van der Waals surface area contributed by atoms with Crippen molar-refractivity contribution in [2.75, 3.05) is 38.1 Å². The Morgan fingerprint density at radius 3 is 1.70 bits per heavy atom. The van der Waals surface area contributed by atoms with E-state index in [0.29, 0.717) is 29.3 Å². The van der Waals surface area contributed by atoms with Gasteiger partial charge in [0.15, 0.2) is 0 Å². The molecule has 10 nitrogen and oxygen atoms in total. The second-order valence-electron chi connectivity index (χ2n) is 13.0. The fourth-order valence-corrected chi connectivity index (χ4v) is 6.60. The molecule has 0 saturated heterocycles. The number of benzene rings is 5. The largest absolute Gasteiger partial charge is 0.497 e. The summed E-state index contributed by atoms with van der Waals surface area (Å²) >= 11 is 0. The molecule has 5 aromatic rings. The van der Waals surface area contributed by atoms with Gasteiger partial charge in [0.2, 0.25) is 5.91 Å². The van der Waals surface area contributed by atoms with Crippen molar-refractivity contribution in [1.29, 1.82) is 0 Å². The van der Waals surface area contributed by atoms with E-state index in [2.05, 4.69) is 10.6 Å². The summed E-state index contributed by atoms with van der Waals surface area (Å²) in [5.74, 6) is -0.794. The predicted molar refractivity (Wildman–Crippen MR) is 205 cm³/mol. The predicted octanol–water partition coefficient (Wildman–Crippen LogP) is 6.03. The quantitative estimate of drug-likeness (QED) is 0.154. The molecule has 2 N–H and O–H groups in total. The van der Waals surface area contributed by atoms with Crippen molar-refractivity contribution >= 4 is 35.0 Å². The first-order valence-corrected chi connectivity index (χ1v) is 17.3. The van der Waals surface area contributed by atoms with E-state index in [4.69, 9.17) is 9.47 Å². The highest BCUT2D eigenvalue weighted by molar-refractivity contribution is 6.12. The minimum Gasteiger partial charge on any atom is -0.497 e. The van der Waals surface area contributed by atoms with Crippen LogP contribution in [0.5, 0.6) is 11.5 Å². The van der Waals surface area contributed by atoms with Crippen LogP contribution >= 0.6 is 0 Å². The Kier molecular flexibility index (Phi) is 10.9. The van der Waals surface area contributed by atoms with Crippen LogP contribution in [0.4, 0.5) is 11.4 Å². The molecule has 0 bridgehead atoms. The standard InChI is InChI=1S/C43H42N4O6/c1-46(31-19-23-33(52-3)24-20-31)41(50)38(27-29-13-7-5-8-14-29)44-39(48)35-17-11-12-18-36(35)40(49)45-43(28-37(43)30-15-9-6-10-16-30)42(51)47(2)32-21-25-34(53-4)26-22-32/h5-26,37-38H,27-28H2,1-4H3,(H,44,48)(H,45,49)/t37?,38-,43?/m0/s1. The van der Waals surface area contributed by atoms with Gasteiger partial charge < -0.3 is 29.9 Å². The zero-order valence-electron chi connectivity index (χ0n) is 30.1.